The number of ether oxygens (including phenoxy) is 2. The van der Waals surface area contributed by atoms with E-state index in [-0.39, 0.29) is 11.7 Å². The van der Waals surface area contributed by atoms with Gasteiger partial charge in [-0.15, -0.1) is 10.2 Å². The number of carbonyl (C=O) groups excluding carboxylic acids is 1. The van der Waals surface area contributed by atoms with Gasteiger partial charge in [0.25, 0.3) is 0 Å². The Balaban J connectivity index is 1.42. The number of thioether (sulfide) groups is 1. The first-order valence-corrected chi connectivity index (χ1v) is 11.1. The van der Waals surface area contributed by atoms with Crippen molar-refractivity contribution in [2.75, 3.05) is 27.0 Å². The molecule has 1 aliphatic rings. The highest BCUT2D eigenvalue weighted by molar-refractivity contribution is 7.99. The first-order valence-electron chi connectivity index (χ1n) is 10.1. The van der Waals surface area contributed by atoms with E-state index in [4.69, 9.17) is 13.9 Å². The molecule has 0 spiro atoms. The van der Waals surface area contributed by atoms with E-state index in [1.54, 1.807) is 32.4 Å². The number of methoxy groups -OCH3 is 2. The van der Waals surface area contributed by atoms with Gasteiger partial charge in [0.15, 0.2) is 16.7 Å². The summed E-state index contributed by atoms with van der Waals surface area (Å²) in [7, 11) is 4.98. The number of aromatic nitrogens is 3. The number of para-hydroxylation sites is 1. The van der Waals surface area contributed by atoms with Gasteiger partial charge in [-0.25, -0.2) is 0 Å². The standard InChI is InChI=1S/C22H26N4O4S/c1-25(12-16-6-4-8-18(28-2)20(16)29-3)19(27)14-31-22-24-23-21(15-9-10-15)26(22)13-17-7-5-11-30-17/h4-8,11,15H,9-10,12-14H2,1-3H3. The Labute approximate surface area is 185 Å². The summed E-state index contributed by atoms with van der Waals surface area (Å²) in [5.41, 5.74) is 0.889. The molecule has 0 radical (unpaired) electrons. The Bertz CT molecular complexity index is 1030. The van der Waals surface area contributed by atoms with Crippen LogP contribution in [0.3, 0.4) is 0 Å². The second-order valence-electron chi connectivity index (χ2n) is 7.47. The fraction of sp³-hybridized carbons (Fsp3) is 0.409. The van der Waals surface area contributed by atoms with E-state index in [1.807, 2.05) is 30.3 Å². The molecule has 0 saturated heterocycles. The fourth-order valence-corrected chi connectivity index (χ4v) is 4.30. The van der Waals surface area contributed by atoms with Crippen LogP contribution in [0, 0.1) is 0 Å². The lowest BCUT2D eigenvalue weighted by molar-refractivity contribution is -0.127. The van der Waals surface area contributed by atoms with Gasteiger partial charge < -0.3 is 18.8 Å². The van der Waals surface area contributed by atoms with Crippen molar-refractivity contribution in [3.05, 3.63) is 53.7 Å². The van der Waals surface area contributed by atoms with Crippen LogP contribution in [0.2, 0.25) is 0 Å². The highest BCUT2D eigenvalue weighted by Crippen LogP contribution is 2.40. The van der Waals surface area contributed by atoms with Crippen LogP contribution in [0.1, 0.15) is 35.9 Å². The van der Waals surface area contributed by atoms with Crippen molar-refractivity contribution < 1.29 is 18.7 Å². The number of rotatable bonds is 10. The molecule has 1 saturated carbocycles. The third-order valence-electron chi connectivity index (χ3n) is 5.22. The zero-order valence-electron chi connectivity index (χ0n) is 17.9. The van der Waals surface area contributed by atoms with Crippen LogP contribution in [0.25, 0.3) is 0 Å². The number of furan rings is 1. The van der Waals surface area contributed by atoms with E-state index in [0.717, 1.165) is 35.1 Å². The van der Waals surface area contributed by atoms with Crippen LogP contribution in [0.4, 0.5) is 0 Å². The molecule has 2 heterocycles. The monoisotopic (exact) mass is 442 g/mol. The minimum absolute atomic E-state index is 0.00427. The molecule has 0 atom stereocenters. The molecule has 1 amide bonds. The number of nitrogens with zero attached hydrogens (tertiary/aromatic N) is 4. The SMILES string of the molecule is COc1cccc(CN(C)C(=O)CSc2nnc(C3CC3)n2Cc2ccco2)c1OC. The largest absolute Gasteiger partial charge is 0.493 e. The number of carbonyl (C=O) groups is 1. The molecule has 0 bridgehead atoms. The zero-order valence-corrected chi connectivity index (χ0v) is 18.7. The smallest absolute Gasteiger partial charge is 0.233 e. The molecule has 0 N–H and O–H groups in total. The molecular weight excluding hydrogens is 416 g/mol. The molecule has 4 rings (SSSR count). The molecule has 0 aliphatic heterocycles. The molecule has 1 aromatic carbocycles. The molecule has 8 nitrogen and oxygen atoms in total. The lowest BCUT2D eigenvalue weighted by Gasteiger charge is -2.20. The van der Waals surface area contributed by atoms with Gasteiger partial charge in [-0.1, -0.05) is 23.9 Å². The quantitative estimate of drug-likeness (QED) is 0.444. The molecule has 3 aromatic rings. The van der Waals surface area contributed by atoms with Gasteiger partial charge in [-0.3, -0.25) is 9.36 Å². The Kier molecular flexibility index (Phi) is 6.50. The third kappa shape index (κ3) is 4.87. The number of amides is 1. The maximum atomic E-state index is 12.8. The highest BCUT2D eigenvalue weighted by atomic mass is 32.2. The van der Waals surface area contributed by atoms with Crippen LogP contribution < -0.4 is 9.47 Å². The summed E-state index contributed by atoms with van der Waals surface area (Å²) in [4.78, 5) is 14.5. The predicted octanol–water partition coefficient (Wildman–Crippen LogP) is 3.56. The average molecular weight is 443 g/mol. The van der Waals surface area contributed by atoms with Gasteiger partial charge in [0.05, 0.1) is 32.8 Å². The molecule has 0 unspecified atom stereocenters. The second-order valence-corrected chi connectivity index (χ2v) is 8.41. The van der Waals surface area contributed by atoms with Crippen molar-refractivity contribution in [1.29, 1.82) is 0 Å². The van der Waals surface area contributed by atoms with Crippen molar-refractivity contribution in [2.45, 2.75) is 37.0 Å². The van der Waals surface area contributed by atoms with E-state index in [2.05, 4.69) is 14.8 Å². The Morgan fingerprint density at radius 1 is 1.23 bits per heavy atom. The van der Waals surface area contributed by atoms with Crippen molar-refractivity contribution >= 4 is 17.7 Å². The van der Waals surface area contributed by atoms with Crippen LogP contribution in [0.15, 0.2) is 46.2 Å². The van der Waals surface area contributed by atoms with Crippen molar-refractivity contribution in [1.82, 2.24) is 19.7 Å². The lowest BCUT2D eigenvalue weighted by atomic mass is 10.1. The van der Waals surface area contributed by atoms with Crippen LogP contribution >= 0.6 is 11.8 Å². The molecule has 2 aromatic heterocycles. The third-order valence-corrected chi connectivity index (χ3v) is 6.18. The van der Waals surface area contributed by atoms with Gasteiger partial charge >= 0.3 is 0 Å². The summed E-state index contributed by atoms with van der Waals surface area (Å²) in [6, 6.07) is 9.46. The maximum absolute atomic E-state index is 12.8. The average Bonchev–Trinajstić information content (AvgIpc) is 3.35. The van der Waals surface area contributed by atoms with Crippen LogP contribution in [-0.4, -0.2) is 52.6 Å². The van der Waals surface area contributed by atoms with Crippen LogP contribution in [-0.2, 0) is 17.9 Å². The summed E-state index contributed by atoms with van der Waals surface area (Å²) in [6.45, 7) is 0.991. The zero-order chi connectivity index (χ0) is 21.8. The van der Waals surface area contributed by atoms with Crippen LogP contribution in [0.5, 0.6) is 11.5 Å². The minimum atomic E-state index is -0.00427. The van der Waals surface area contributed by atoms with E-state index in [9.17, 15) is 4.79 Å². The van der Waals surface area contributed by atoms with Crippen molar-refractivity contribution in [3.63, 3.8) is 0 Å². The molecule has 1 aliphatic carbocycles. The Morgan fingerprint density at radius 2 is 2.06 bits per heavy atom. The van der Waals surface area contributed by atoms with Gasteiger partial charge in [-0.2, -0.15) is 0 Å². The molecule has 1 fully saturated rings. The van der Waals surface area contributed by atoms with E-state index in [0.29, 0.717) is 30.5 Å². The van der Waals surface area contributed by atoms with Gasteiger partial charge in [0.1, 0.15) is 11.6 Å². The van der Waals surface area contributed by atoms with Gasteiger partial charge in [0, 0.05) is 25.1 Å². The topological polar surface area (TPSA) is 82.6 Å². The van der Waals surface area contributed by atoms with E-state index >= 15 is 0 Å². The summed E-state index contributed by atoms with van der Waals surface area (Å²) in [5.74, 6) is 3.83. The van der Waals surface area contributed by atoms with Crippen molar-refractivity contribution in [3.8, 4) is 11.5 Å². The summed E-state index contributed by atoms with van der Waals surface area (Å²) in [6.07, 6.45) is 3.92. The highest BCUT2D eigenvalue weighted by Gasteiger charge is 2.31. The molecular formula is C22H26N4O4S. The van der Waals surface area contributed by atoms with Crippen molar-refractivity contribution in [2.24, 2.45) is 0 Å². The normalized spacial score (nSPS) is 13.3. The Hall–Kier alpha value is -2.94. The minimum Gasteiger partial charge on any atom is -0.493 e. The molecule has 31 heavy (non-hydrogen) atoms. The molecule has 9 heteroatoms. The number of hydrogen-bond acceptors (Lipinski definition) is 7. The first-order chi connectivity index (χ1) is 15.1. The first kappa shape index (κ1) is 21.3. The Morgan fingerprint density at radius 3 is 2.74 bits per heavy atom. The second kappa shape index (κ2) is 9.47. The summed E-state index contributed by atoms with van der Waals surface area (Å²) >= 11 is 1.40. The van der Waals surface area contributed by atoms with Gasteiger partial charge in [0.2, 0.25) is 5.91 Å². The summed E-state index contributed by atoms with van der Waals surface area (Å²) < 4.78 is 18.4. The van der Waals surface area contributed by atoms with E-state index < -0.39 is 0 Å². The number of benzene rings is 1. The molecule has 164 valence electrons. The maximum Gasteiger partial charge on any atom is 0.233 e. The van der Waals surface area contributed by atoms with E-state index in [1.165, 1.54) is 11.8 Å². The lowest BCUT2D eigenvalue weighted by Crippen LogP contribution is -2.28. The number of hydrogen-bond donors (Lipinski definition) is 0. The summed E-state index contributed by atoms with van der Waals surface area (Å²) in [5, 5.41) is 9.47. The van der Waals surface area contributed by atoms with Gasteiger partial charge in [-0.05, 0) is 31.0 Å². The fourth-order valence-electron chi connectivity index (χ4n) is 3.42. The predicted molar refractivity (Wildman–Crippen MR) is 117 cm³/mol.